The molecule has 28 heavy (non-hydrogen) atoms. The molecular weight excluding hydrogens is 370 g/mol. The van der Waals surface area contributed by atoms with Gasteiger partial charge in [0, 0.05) is 12.6 Å². The van der Waals surface area contributed by atoms with Crippen LogP contribution in [0.5, 0.6) is 0 Å². The maximum atomic E-state index is 14.9. The van der Waals surface area contributed by atoms with E-state index in [1.165, 1.54) is 4.90 Å². The molecule has 2 saturated heterocycles. The molecule has 1 amide bonds. The minimum atomic E-state index is -2.96. The van der Waals surface area contributed by atoms with Crippen molar-refractivity contribution in [3.63, 3.8) is 0 Å². The van der Waals surface area contributed by atoms with E-state index in [4.69, 9.17) is 9.47 Å². The number of halogens is 2. The van der Waals surface area contributed by atoms with Crippen molar-refractivity contribution in [2.75, 3.05) is 19.7 Å². The molecule has 2 aliphatic heterocycles. The lowest BCUT2D eigenvalue weighted by Crippen LogP contribution is -2.51. The van der Waals surface area contributed by atoms with Crippen LogP contribution in [0.4, 0.5) is 13.6 Å². The molecule has 0 aromatic heterocycles. The van der Waals surface area contributed by atoms with Gasteiger partial charge in [0.2, 0.25) is 0 Å². The Balaban J connectivity index is 1.65. The Morgan fingerprint density at radius 1 is 1.11 bits per heavy atom. The number of likely N-dealkylation sites (tertiary alicyclic amines) is 2. The van der Waals surface area contributed by atoms with Crippen molar-refractivity contribution in [1.82, 2.24) is 9.80 Å². The smallest absolute Gasteiger partial charge is 0.410 e. The molecule has 6 nitrogen and oxygen atoms in total. The minimum Gasteiger partial charge on any atom is -0.466 e. The van der Waals surface area contributed by atoms with Gasteiger partial charge in [0.15, 0.2) is 0 Å². The summed E-state index contributed by atoms with van der Waals surface area (Å²) >= 11 is 0. The van der Waals surface area contributed by atoms with E-state index in [0.29, 0.717) is 45.3 Å². The molecule has 3 fully saturated rings. The second kappa shape index (κ2) is 7.76. The second-order valence-corrected chi connectivity index (χ2v) is 9.17. The van der Waals surface area contributed by atoms with Crippen LogP contribution < -0.4 is 0 Å². The van der Waals surface area contributed by atoms with E-state index in [1.54, 1.807) is 27.7 Å². The van der Waals surface area contributed by atoms with Gasteiger partial charge in [-0.1, -0.05) is 0 Å². The summed E-state index contributed by atoms with van der Waals surface area (Å²) in [6.45, 7) is 7.30. The van der Waals surface area contributed by atoms with Gasteiger partial charge in [-0.05, 0) is 59.8 Å². The molecule has 0 bridgehead atoms. The van der Waals surface area contributed by atoms with Gasteiger partial charge in [0.25, 0.3) is 5.92 Å². The zero-order valence-electron chi connectivity index (χ0n) is 17.2. The van der Waals surface area contributed by atoms with Crippen molar-refractivity contribution in [2.24, 2.45) is 5.92 Å². The predicted octanol–water partition coefficient (Wildman–Crippen LogP) is 3.44. The Bertz CT molecular complexity index is 600. The molecule has 160 valence electrons. The minimum absolute atomic E-state index is 0.0186. The Hall–Kier alpha value is -1.44. The number of carbonyl (C=O) groups is 2. The van der Waals surface area contributed by atoms with Crippen LogP contribution in [0.25, 0.3) is 0 Å². The molecule has 0 aromatic rings. The maximum absolute atomic E-state index is 14.9. The van der Waals surface area contributed by atoms with Crippen LogP contribution in [-0.2, 0) is 14.3 Å². The monoisotopic (exact) mass is 402 g/mol. The van der Waals surface area contributed by atoms with Crippen molar-refractivity contribution in [2.45, 2.75) is 89.4 Å². The Labute approximate surface area is 165 Å². The topological polar surface area (TPSA) is 59.1 Å². The summed E-state index contributed by atoms with van der Waals surface area (Å²) in [6.07, 6.45) is 2.60. The molecule has 8 heteroatoms. The van der Waals surface area contributed by atoms with E-state index in [2.05, 4.69) is 0 Å². The van der Waals surface area contributed by atoms with Crippen LogP contribution in [0.1, 0.15) is 59.8 Å². The molecule has 3 rings (SSSR count). The second-order valence-electron chi connectivity index (χ2n) is 9.17. The lowest BCUT2D eigenvalue weighted by atomic mass is 9.85. The molecule has 0 radical (unpaired) electrons. The third kappa shape index (κ3) is 4.26. The predicted molar refractivity (Wildman–Crippen MR) is 99.2 cm³/mol. The number of fused-ring (bicyclic) bond motifs is 1. The number of nitrogens with zero attached hydrogens (tertiary/aromatic N) is 2. The third-order valence-corrected chi connectivity index (χ3v) is 6.03. The summed E-state index contributed by atoms with van der Waals surface area (Å²) < 4.78 is 40.2. The molecule has 1 saturated carbocycles. The first-order chi connectivity index (χ1) is 13.0. The van der Waals surface area contributed by atoms with Crippen LogP contribution in [0, 0.1) is 5.92 Å². The van der Waals surface area contributed by atoms with Gasteiger partial charge >= 0.3 is 12.1 Å². The fraction of sp³-hybridized carbons (Fsp3) is 0.900. The van der Waals surface area contributed by atoms with Gasteiger partial charge < -0.3 is 9.47 Å². The average Bonchev–Trinajstić information content (AvgIpc) is 3.14. The zero-order valence-corrected chi connectivity index (χ0v) is 17.2. The van der Waals surface area contributed by atoms with Crippen LogP contribution in [0.2, 0.25) is 0 Å². The first kappa shape index (κ1) is 21.3. The van der Waals surface area contributed by atoms with Crippen molar-refractivity contribution < 1.29 is 27.8 Å². The highest BCUT2D eigenvalue weighted by Crippen LogP contribution is 2.45. The molecule has 0 spiro atoms. The maximum Gasteiger partial charge on any atom is 0.410 e. The molecule has 0 N–H and O–H groups in total. The standard InChI is InChI=1S/C20H32F2N2O4/c1-5-27-17(25)13-6-8-14(9-7-13)23-11-10-15-16(23)20(21,22)12-24(15)18(26)28-19(2,3)4/h13-16H,5-12H2,1-4H3/t13-,14+,15-,16+/m0/s1. The number of carbonyl (C=O) groups excluding carboxylic acids is 2. The molecule has 0 aromatic carbocycles. The van der Waals surface area contributed by atoms with E-state index in [1.807, 2.05) is 4.90 Å². The van der Waals surface area contributed by atoms with Gasteiger partial charge in [0.05, 0.1) is 31.2 Å². The van der Waals surface area contributed by atoms with E-state index in [0.717, 1.165) is 0 Å². The number of esters is 1. The number of rotatable bonds is 3. The highest BCUT2D eigenvalue weighted by molar-refractivity contribution is 5.72. The molecule has 2 atom stereocenters. The summed E-state index contributed by atoms with van der Waals surface area (Å²) in [5, 5.41) is 0. The Morgan fingerprint density at radius 3 is 2.32 bits per heavy atom. The number of hydrogen-bond donors (Lipinski definition) is 0. The number of ether oxygens (including phenoxy) is 2. The summed E-state index contributed by atoms with van der Waals surface area (Å²) in [5.41, 5.74) is -0.714. The van der Waals surface area contributed by atoms with E-state index >= 15 is 0 Å². The number of alkyl halides is 2. The number of hydrogen-bond acceptors (Lipinski definition) is 5. The van der Waals surface area contributed by atoms with Crippen LogP contribution in [-0.4, -0.2) is 71.2 Å². The van der Waals surface area contributed by atoms with Gasteiger partial charge in [0.1, 0.15) is 5.60 Å². The van der Waals surface area contributed by atoms with Crippen molar-refractivity contribution in [3.8, 4) is 0 Å². The molecule has 2 heterocycles. The lowest BCUT2D eigenvalue weighted by Gasteiger charge is -2.38. The fourth-order valence-electron chi connectivity index (χ4n) is 4.92. The summed E-state index contributed by atoms with van der Waals surface area (Å²) in [6, 6.07) is -1.47. The van der Waals surface area contributed by atoms with Crippen LogP contribution in [0.3, 0.4) is 0 Å². The normalized spacial score (nSPS) is 32.9. The Kier molecular flexibility index (Phi) is 5.90. The van der Waals surface area contributed by atoms with Gasteiger partial charge in [-0.3, -0.25) is 14.6 Å². The highest BCUT2D eigenvalue weighted by atomic mass is 19.3. The summed E-state index contributed by atoms with van der Waals surface area (Å²) in [5.74, 6) is -3.27. The molecule has 1 aliphatic carbocycles. The van der Waals surface area contributed by atoms with Crippen molar-refractivity contribution in [3.05, 3.63) is 0 Å². The van der Waals surface area contributed by atoms with E-state index in [-0.39, 0.29) is 17.9 Å². The quantitative estimate of drug-likeness (QED) is 0.677. The lowest BCUT2D eigenvalue weighted by molar-refractivity contribution is -0.149. The van der Waals surface area contributed by atoms with Crippen LogP contribution >= 0.6 is 0 Å². The third-order valence-electron chi connectivity index (χ3n) is 6.03. The molecule has 3 aliphatic rings. The largest absolute Gasteiger partial charge is 0.466 e. The first-order valence-electron chi connectivity index (χ1n) is 10.3. The van der Waals surface area contributed by atoms with Crippen LogP contribution in [0.15, 0.2) is 0 Å². The van der Waals surface area contributed by atoms with Crippen molar-refractivity contribution >= 4 is 12.1 Å². The van der Waals surface area contributed by atoms with Gasteiger partial charge in [-0.15, -0.1) is 0 Å². The van der Waals surface area contributed by atoms with E-state index in [9.17, 15) is 18.4 Å². The Morgan fingerprint density at radius 2 is 1.75 bits per heavy atom. The van der Waals surface area contributed by atoms with Gasteiger partial charge in [-0.25, -0.2) is 13.6 Å². The number of amides is 1. The van der Waals surface area contributed by atoms with Gasteiger partial charge in [-0.2, -0.15) is 0 Å². The van der Waals surface area contributed by atoms with E-state index < -0.39 is 36.2 Å². The van der Waals surface area contributed by atoms with Crippen molar-refractivity contribution in [1.29, 1.82) is 0 Å². The zero-order chi connectivity index (χ0) is 20.7. The summed E-state index contributed by atoms with van der Waals surface area (Å²) in [7, 11) is 0. The fourth-order valence-corrected chi connectivity index (χ4v) is 4.92. The first-order valence-corrected chi connectivity index (χ1v) is 10.3. The summed E-state index contributed by atoms with van der Waals surface area (Å²) in [4.78, 5) is 27.5. The molecule has 0 unspecified atom stereocenters. The highest BCUT2D eigenvalue weighted by Gasteiger charge is 2.62. The average molecular weight is 402 g/mol. The molecular formula is C20H32F2N2O4. The SMILES string of the molecule is CCOC(=O)[C@H]1CC[C@@H](N2CC[C@H]3[C@@H]2C(F)(F)CN3C(=O)OC(C)(C)C)CC1.